The van der Waals surface area contributed by atoms with Crippen LogP contribution in [0, 0.1) is 0 Å². The Bertz CT molecular complexity index is 470. The van der Waals surface area contributed by atoms with Gasteiger partial charge in [0.15, 0.2) is 6.04 Å². The van der Waals surface area contributed by atoms with E-state index < -0.39 is 12.0 Å². The van der Waals surface area contributed by atoms with Crippen molar-refractivity contribution in [1.29, 1.82) is 0 Å². The third kappa shape index (κ3) is 2.81. The zero-order valence-corrected chi connectivity index (χ0v) is 8.93. The molecule has 1 aromatic carbocycles. The topological polar surface area (TPSA) is 77.2 Å². The molecule has 0 radical (unpaired) electrons. The highest BCUT2D eigenvalue weighted by Gasteiger charge is 2.21. The van der Waals surface area contributed by atoms with Crippen LogP contribution in [0.15, 0.2) is 43.0 Å². The number of ether oxygens (including phenoxy) is 1. The van der Waals surface area contributed by atoms with Crippen LogP contribution in [0.1, 0.15) is 6.04 Å². The quantitative estimate of drug-likeness (QED) is 0.833. The summed E-state index contributed by atoms with van der Waals surface area (Å²) in [4.78, 5) is 14.8. The molecule has 1 atom stereocenters. The summed E-state index contributed by atoms with van der Waals surface area (Å²) in [7, 11) is 0. The van der Waals surface area contributed by atoms with Crippen LogP contribution in [0.3, 0.4) is 0 Å². The van der Waals surface area contributed by atoms with Gasteiger partial charge in [-0.05, 0) is 12.1 Å². The van der Waals surface area contributed by atoms with Crippen LogP contribution >= 0.6 is 0 Å². The molecule has 1 aromatic heterocycles. The molecule has 6 nitrogen and oxygen atoms in total. The molecule has 0 saturated carbocycles. The van der Waals surface area contributed by atoms with E-state index in [1.54, 1.807) is 12.1 Å². The van der Waals surface area contributed by atoms with Crippen molar-refractivity contribution in [2.45, 2.75) is 6.04 Å². The first-order valence-corrected chi connectivity index (χ1v) is 5.02. The molecule has 2 aromatic rings. The zero-order chi connectivity index (χ0) is 12.1. The van der Waals surface area contributed by atoms with Crippen LogP contribution in [0.4, 0.5) is 0 Å². The molecule has 0 aliphatic carbocycles. The first kappa shape index (κ1) is 11.1. The van der Waals surface area contributed by atoms with Crippen molar-refractivity contribution in [3.8, 4) is 5.75 Å². The third-order valence-corrected chi connectivity index (χ3v) is 2.19. The Labute approximate surface area is 97.5 Å². The smallest absolute Gasteiger partial charge is 0.332 e. The summed E-state index contributed by atoms with van der Waals surface area (Å²) in [5, 5.41) is 12.8. The Morgan fingerprint density at radius 1 is 1.41 bits per heavy atom. The number of carboxylic acids is 1. The van der Waals surface area contributed by atoms with Crippen molar-refractivity contribution >= 4 is 5.97 Å². The molecule has 0 fully saturated rings. The first-order chi connectivity index (χ1) is 8.27. The number of carbonyl (C=O) groups is 1. The third-order valence-electron chi connectivity index (χ3n) is 2.19. The fraction of sp³-hybridized carbons (Fsp3) is 0.182. The molecule has 0 saturated heterocycles. The standard InChI is InChI=1S/C11H11N3O3/c15-11(16)10(14-8-12-7-13-14)6-17-9-4-2-1-3-5-9/h1-5,7-8,10H,6H2,(H,15,16). The van der Waals surface area contributed by atoms with E-state index in [2.05, 4.69) is 10.1 Å². The van der Waals surface area contributed by atoms with E-state index in [-0.39, 0.29) is 6.61 Å². The van der Waals surface area contributed by atoms with E-state index in [0.717, 1.165) is 0 Å². The largest absolute Gasteiger partial charge is 0.491 e. The van der Waals surface area contributed by atoms with Gasteiger partial charge in [-0.3, -0.25) is 0 Å². The fourth-order valence-electron chi connectivity index (χ4n) is 1.33. The Morgan fingerprint density at radius 2 is 2.18 bits per heavy atom. The van der Waals surface area contributed by atoms with Gasteiger partial charge >= 0.3 is 5.97 Å². The normalized spacial score (nSPS) is 12.0. The van der Waals surface area contributed by atoms with Gasteiger partial charge < -0.3 is 9.84 Å². The molecule has 0 aliphatic heterocycles. The molecule has 88 valence electrons. The monoisotopic (exact) mass is 233 g/mol. The van der Waals surface area contributed by atoms with Crippen molar-refractivity contribution in [3.05, 3.63) is 43.0 Å². The Kier molecular flexibility index (Phi) is 3.34. The van der Waals surface area contributed by atoms with Crippen molar-refractivity contribution in [3.63, 3.8) is 0 Å². The average Bonchev–Trinajstić information content (AvgIpc) is 2.84. The van der Waals surface area contributed by atoms with Crippen LogP contribution in [-0.2, 0) is 4.79 Å². The van der Waals surface area contributed by atoms with Gasteiger partial charge in [-0.15, -0.1) is 0 Å². The lowest BCUT2D eigenvalue weighted by molar-refractivity contribution is -0.142. The van der Waals surface area contributed by atoms with E-state index >= 15 is 0 Å². The lowest BCUT2D eigenvalue weighted by Crippen LogP contribution is -2.25. The summed E-state index contributed by atoms with van der Waals surface area (Å²) in [6, 6.07) is 8.15. The predicted octanol–water partition coefficient (Wildman–Crippen LogP) is 0.983. The van der Waals surface area contributed by atoms with Gasteiger partial charge in [0.1, 0.15) is 25.0 Å². The SMILES string of the molecule is O=C(O)C(COc1ccccc1)n1cncn1. The molecular formula is C11H11N3O3. The second-order valence-corrected chi connectivity index (χ2v) is 3.35. The molecule has 0 spiro atoms. The number of carboxylic acid groups (broad SMARTS) is 1. The van der Waals surface area contributed by atoms with Crippen molar-refractivity contribution < 1.29 is 14.6 Å². The number of aliphatic carboxylic acids is 1. The molecular weight excluding hydrogens is 222 g/mol. The van der Waals surface area contributed by atoms with Gasteiger partial charge in [-0.1, -0.05) is 18.2 Å². The second-order valence-electron chi connectivity index (χ2n) is 3.35. The molecule has 0 bridgehead atoms. The maximum atomic E-state index is 11.1. The summed E-state index contributed by atoms with van der Waals surface area (Å²) in [5.41, 5.74) is 0. The molecule has 1 N–H and O–H groups in total. The second kappa shape index (κ2) is 5.11. The average molecular weight is 233 g/mol. The van der Waals surface area contributed by atoms with Gasteiger partial charge in [0.05, 0.1) is 0 Å². The Hall–Kier alpha value is -2.37. The van der Waals surface area contributed by atoms with Crippen molar-refractivity contribution in [2.24, 2.45) is 0 Å². The lowest BCUT2D eigenvalue weighted by Gasteiger charge is -2.13. The van der Waals surface area contributed by atoms with E-state index in [9.17, 15) is 4.79 Å². The van der Waals surface area contributed by atoms with Crippen LogP contribution < -0.4 is 4.74 Å². The van der Waals surface area contributed by atoms with E-state index in [0.29, 0.717) is 5.75 Å². The Morgan fingerprint density at radius 3 is 2.76 bits per heavy atom. The molecule has 6 heteroatoms. The van der Waals surface area contributed by atoms with Gasteiger partial charge in [0.25, 0.3) is 0 Å². The summed E-state index contributed by atoms with van der Waals surface area (Å²) in [6.45, 7) is 0.00269. The van der Waals surface area contributed by atoms with Crippen molar-refractivity contribution in [2.75, 3.05) is 6.61 Å². The first-order valence-electron chi connectivity index (χ1n) is 5.02. The minimum Gasteiger partial charge on any atom is -0.491 e. The van der Waals surface area contributed by atoms with Gasteiger partial charge in [-0.25, -0.2) is 14.5 Å². The minimum atomic E-state index is -1.01. The van der Waals surface area contributed by atoms with Crippen LogP contribution in [0.25, 0.3) is 0 Å². The molecule has 1 heterocycles. The minimum absolute atomic E-state index is 0.00269. The Balaban J connectivity index is 2.03. The van der Waals surface area contributed by atoms with Gasteiger partial charge in [-0.2, -0.15) is 5.10 Å². The van der Waals surface area contributed by atoms with E-state index in [1.807, 2.05) is 18.2 Å². The lowest BCUT2D eigenvalue weighted by atomic mass is 10.3. The molecule has 0 amide bonds. The zero-order valence-electron chi connectivity index (χ0n) is 8.93. The summed E-state index contributed by atoms with van der Waals surface area (Å²) >= 11 is 0. The van der Waals surface area contributed by atoms with Gasteiger partial charge in [0, 0.05) is 0 Å². The summed E-state index contributed by atoms with van der Waals surface area (Å²) < 4.78 is 6.64. The molecule has 17 heavy (non-hydrogen) atoms. The van der Waals surface area contributed by atoms with Gasteiger partial charge in [0.2, 0.25) is 0 Å². The highest BCUT2D eigenvalue weighted by Crippen LogP contribution is 2.12. The van der Waals surface area contributed by atoms with E-state index in [1.165, 1.54) is 17.3 Å². The molecule has 1 unspecified atom stereocenters. The maximum absolute atomic E-state index is 11.1. The number of hydrogen-bond acceptors (Lipinski definition) is 4. The number of aromatic nitrogens is 3. The fourth-order valence-corrected chi connectivity index (χ4v) is 1.33. The highest BCUT2D eigenvalue weighted by molar-refractivity contribution is 5.71. The summed E-state index contributed by atoms with van der Waals surface area (Å²) in [6.07, 6.45) is 2.64. The number of benzene rings is 1. The molecule has 2 rings (SSSR count). The number of rotatable bonds is 5. The predicted molar refractivity (Wildman–Crippen MR) is 58.6 cm³/mol. The number of para-hydroxylation sites is 1. The highest BCUT2D eigenvalue weighted by atomic mass is 16.5. The number of hydrogen-bond donors (Lipinski definition) is 1. The molecule has 0 aliphatic rings. The summed E-state index contributed by atoms with van der Waals surface area (Å²) in [5.74, 6) is -0.384. The van der Waals surface area contributed by atoms with Crippen LogP contribution in [-0.4, -0.2) is 32.4 Å². The van der Waals surface area contributed by atoms with Crippen molar-refractivity contribution in [1.82, 2.24) is 14.8 Å². The maximum Gasteiger partial charge on any atom is 0.332 e. The van der Waals surface area contributed by atoms with Crippen LogP contribution in [0.5, 0.6) is 5.75 Å². The van der Waals surface area contributed by atoms with E-state index in [4.69, 9.17) is 9.84 Å². The van der Waals surface area contributed by atoms with Crippen LogP contribution in [0.2, 0.25) is 0 Å². The number of nitrogens with zero attached hydrogens (tertiary/aromatic N) is 3.